The Morgan fingerprint density at radius 1 is 1.45 bits per heavy atom. The molecule has 1 aromatic rings. The van der Waals surface area contributed by atoms with Gasteiger partial charge in [-0.1, -0.05) is 6.92 Å². The van der Waals surface area contributed by atoms with E-state index in [1.807, 2.05) is 0 Å². The molecule has 1 unspecified atom stereocenters. The van der Waals surface area contributed by atoms with E-state index >= 15 is 0 Å². The maximum Gasteiger partial charge on any atom is 0.255 e. The average Bonchev–Trinajstić information content (AvgIpc) is 2.37. The van der Waals surface area contributed by atoms with E-state index in [0.29, 0.717) is 17.5 Å². The molecule has 6 nitrogen and oxygen atoms in total. The third-order valence-electron chi connectivity index (χ3n) is 3.34. The van der Waals surface area contributed by atoms with Gasteiger partial charge in [0.05, 0.1) is 0 Å². The molecule has 106 valence electrons. The second-order valence-electron chi connectivity index (χ2n) is 4.77. The number of piperazine rings is 1. The maximum atomic E-state index is 12.5. The highest BCUT2D eigenvalue weighted by molar-refractivity contribution is 6.07. The van der Waals surface area contributed by atoms with E-state index in [-0.39, 0.29) is 18.2 Å². The molecular weight excluding hydrogens is 260 g/mol. The van der Waals surface area contributed by atoms with Crippen LogP contribution in [0.4, 0.5) is 0 Å². The van der Waals surface area contributed by atoms with Crippen molar-refractivity contribution in [2.45, 2.75) is 26.3 Å². The number of nitrogens with zero attached hydrogens (tertiary/aromatic N) is 1. The Labute approximate surface area is 116 Å². The van der Waals surface area contributed by atoms with Crippen molar-refractivity contribution < 1.29 is 19.5 Å². The smallest absolute Gasteiger partial charge is 0.255 e. The first-order chi connectivity index (χ1) is 9.43. The highest BCUT2D eigenvalue weighted by atomic mass is 16.3. The van der Waals surface area contributed by atoms with E-state index in [9.17, 15) is 19.5 Å². The number of phenols is 1. The van der Waals surface area contributed by atoms with Crippen molar-refractivity contribution in [2.24, 2.45) is 0 Å². The van der Waals surface area contributed by atoms with Gasteiger partial charge in [-0.2, -0.15) is 0 Å². The Morgan fingerprint density at radius 3 is 2.75 bits per heavy atom. The standard InChI is InChI=1S/C14H16N2O4/c1-3-11-13(19)15-12(18)7-16(11)14(20)10-5-4-9(17)6-8(10)2/h4-6,11,17H,3,7H2,1-2H3,(H,15,18,19). The molecule has 1 atom stereocenters. The lowest BCUT2D eigenvalue weighted by Gasteiger charge is -2.33. The van der Waals surface area contributed by atoms with Gasteiger partial charge in [0.15, 0.2) is 0 Å². The van der Waals surface area contributed by atoms with E-state index in [1.54, 1.807) is 13.8 Å². The number of nitrogens with one attached hydrogen (secondary N) is 1. The third-order valence-corrected chi connectivity index (χ3v) is 3.34. The van der Waals surface area contributed by atoms with Crippen molar-refractivity contribution in [3.05, 3.63) is 29.3 Å². The van der Waals surface area contributed by atoms with Crippen molar-refractivity contribution in [2.75, 3.05) is 6.54 Å². The summed E-state index contributed by atoms with van der Waals surface area (Å²) in [5.41, 5.74) is 0.979. The molecule has 2 N–H and O–H groups in total. The lowest BCUT2D eigenvalue weighted by molar-refractivity contribution is -0.138. The summed E-state index contributed by atoms with van der Waals surface area (Å²) >= 11 is 0. The van der Waals surface area contributed by atoms with Crippen LogP contribution in [-0.2, 0) is 9.59 Å². The minimum atomic E-state index is -0.645. The van der Waals surface area contributed by atoms with Gasteiger partial charge in [-0.25, -0.2) is 0 Å². The second kappa shape index (κ2) is 5.32. The van der Waals surface area contributed by atoms with Crippen LogP contribution in [0.25, 0.3) is 0 Å². The zero-order valence-corrected chi connectivity index (χ0v) is 11.3. The van der Waals surface area contributed by atoms with Gasteiger partial charge in [-0.3, -0.25) is 19.7 Å². The summed E-state index contributed by atoms with van der Waals surface area (Å²) in [6.45, 7) is 3.34. The Bertz CT molecular complexity index is 583. The predicted octanol–water partition coefficient (Wildman–Crippen LogP) is 0.578. The fraction of sp³-hybridized carbons (Fsp3) is 0.357. The van der Waals surface area contributed by atoms with Gasteiger partial charge in [0.2, 0.25) is 11.8 Å². The second-order valence-corrected chi connectivity index (χ2v) is 4.77. The molecule has 1 saturated heterocycles. The van der Waals surface area contributed by atoms with Crippen LogP contribution >= 0.6 is 0 Å². The van der Waals surface area contributed by atoms with Crippen LogP contribution < -0.4 is 5.32 Å². The van der Waals surface area contributed by atoms with Gasteiger partial charge in [0.25, 0.3) is 5.91 Å². The molecule has 1 aliphatic heterocycles. The molecule has 1 aliphatic rings. The summed E-state index contributed by atoms with van der Waals surface area (Å²) in [7, 11) is 0. The number of benzene rings is 1. The first-order valence-electron chi connectivity index (χ1n) is 6.38. The number of carbonyl (C=O) groups excluding carboxylic acids is 3. The van der Waals surface area contributed by atoms with Gasteiger partial charge in [0, 0.05) is 5.56 Å². The lowest BCUT2D eigenvalue weighted by atomic mass is 10.0. The van der Waals surface area contributed by atoms with Crippen LogP contribution in [0.3, 0.4) is 0 Å². The average molecular weight is 276 g/mol. The molecule has 1 fully saturated rings. The molecule has 0 bridgehead atoms. The van der Waals surface area contributed by atoms with Crippen molar-refractivity contribution in [3.8, 4) is 5.75 Å². The monoisotopic (exact) mass is 276 g/mol. The third kappa shape index (κ3) is 2.49. The Kier molecular flexibility index (Phi) is 3.74. The fourth-order valence-electron chi connectivity index (χ4n) is 2.33. The van der Waals surface area contributed by atoms with Crippen LogP contribution in [-0.4, -0.2) is 40.3 Å². The molecule has 3 amide bonds. The molecule has 2 rings (SSSR count). The SMILES string of the molecule is CCC1C(=O)NC(=O)CN1C(=O)c1ccc(O)cc1C. The van der Waals surface area contributed by atoms with Crippen LogP contribution in [0.2, 0.25) is 0 Å². The van der Waals surface area contributed by atoms with Crippen molar-refractivity contribution in [1.82, 2.24) is 10.2 Å². The number of hydrogen-bond donors (Lipinski definition) is 2. The van der Waals surface area contributed by atoms with Crippen LogP contribution in [0.5, 0.6) is 5.75 Å². The van der Waals surface area contributed by atoms with E-state index in [4.69, 9.17) is 0 Å². The minimum absolute atomic E-state index is 0.0681. The van der Waals surface area contributed by atoms with Crippen LogP contribution in [0.15, 0.2) is 18.2 Å². The molecule has 0 spiro atoms. The first kappa shape index (κ1) is 14.0. The highest BCUT2D eigenvalue weighted by Crippen LogP contribution is 2.20. The summed E-state index contributed by atoms with van der Waals surface area (Å²) in [5.74, 6) is -1.24. The van der Waals surface area contributed by atoms with E-state index in [1.165, 1.54) is 23.1 Å². The number of aromatic hydroxyl groups is 1. The Balaban J connectivity index is 2.34. The molecule has 6 heteroatoms. The van der Waals surface area contributed by atoms with Gasteiger partial charge in [-0.15, -0.1) is 0 Å². The van der Waals surface area contributed by atoms with E-state index in [2.05, 4.69) is 5.32 Å². The quantitative estimate of drug-likeness (QED) is 0.773. The molecule has 1 aromatic carbocycles. The van der Waals surface area contributed by atoms with Gasteiger partial charge in [-0.05, 0) is 37.1 Å². The summed E-state index contributed by atoms with van der Waals surface area (Å²) in [6, 6.07) is 3.73. The summed E-state index contributed by atoms with van der Waals surface area (Å²) in [5, 5.41) is 11.6. The van der Waals surface area contributed by atoms with Crippen molar-refractivity contribution in [3.63, 3.8) is 0 Å². The first-order valence-corrected chi connectivity index (χ1v) is 6.38. The molecule has 0 saturated carbocycles. The summed E-state index contributed by atoms with van der Waals surface area (Å²) < 4.78 is 0. The highest BCUT2D eigenvalue weighted by Gasteiger charge is 2.36. The molecule has 1 heterocycles. The summed E-state index contributed by atoms with van der Waals surface area (Å²) in [4.78, 5) is 37.0. The normalized spacial score (nSPS) is 18.9. The van der Waals surface area contributed by atoms with Crippen molar-refractivity contribution in [1.29, 1.82) is 0 Å². The zero-order valence-electron chi connectivity index (χ0n) is 11.3. The molecule has 0 radical (unpaired) electrons. The van der Waals surface area contributed by atoms with E-state index in [0.717, 1.165) is 0 Å². The Morgan fingerprint density at radius 2 is 2.15 bits per heavy atom. The number of imide groups is 1. The topological polar surface area (TPSA) is 86.7 Å². The number of aryl methyl sites for hydroxylation is 1. The van der Waals surface area contributed by atoms with Crippen molar-refractivity contribution >= 4 is 17.7 Å². The largest absolute Gasteiger partial charge is 0.508 e. The van der Waals surface area contributed by atoms with E-state index < -0.39 is 17.9 Å². The Hall–Kier alpha value is -2.37. The number of hydrogen-bond acceptors (Lipinski definition) is 4. The molecular formula is C14H16N2O4. The molecule has 20 heavy (non-hydrogen) atoms. The number of carbonyl (C=O) groups is 3. The predicted molar refractivity (Wildman–Crippen MR) is 71.1 cm³/mol. The summed E-state index contributed by atoms with van der Waals surface area (Å²) in [6.07, 6.45) is 0.433. The number of amides is 3. The van der Waals surface area contributed by atoms with Gasteiger partial charge >= 0.3 is 0 Å². The number of rotatable bonds is 2. The zero-order chi connectivity index (χ0) is 14.9. The fourth-order valence-corrected chi connectivity index (χ4v) is 2.33. The number of phenolic OH excluding ortho intramolecular Hbond substituents is 1. The molecule has 0 aromatic heterocycles. The van der Waals surface area contributed by atoms with Crippen LogP contribution in [0.1, 0.15) is 29.3 Å². The van der Waals surface area contributed by atoms with Gasteiger partial charge in [0.1, 0.15) is 18.3 Å². The van der Waals surface area contributed by atoms with Crippen LogP contribution in [0, 0.1) is 6.92 Å². The van der Waals surface area contributed by atoms with Gasteiger partial charge < -0.3 is 10.0 Å². The molecule has 0 aliphatic carbocycles. The minimum Gasteiger partial charge on any atom is -0.508 e. The lowest BCUT2D eigenvalue weighted by Crippen LogP contribution is -2.59. The maximum absolute atomic E-state index is 12.5.